The molecule has 0 amide bonds. The van der Waals surface area contributed by atoms with Gasteiger partial charge in [-0.25, -0.2) is 14.8 Å². The summed E-state index contributed by atoms with van der Waals surface area (Å²) < 4.78 is 1.92. The number of aryl methyl sites for hydroxylation is 1. The first-order chi connectivity index (χ1) is 19.0. The predicted octanol–water partition coefficient (Wildman–Crippen LogP) is 7.17. The van der Waals surface area contributed by atoms with Crippen LogP contribution in [0.5, 0.6) is 5.75 Å². The van der Waals surface area contributed by atoms with Gasteiger partial charge in [0, 0.05) is 50.7 Å². The standard InChI is InChI=1S/C32H24N4O3.Pt/c1-35-28-17-8-14-24(26-15-9-16-27(33-26)32(38)39)30(28)34-31(35)25-20-23(18-19-29(25)37)36(21-10-4-2-5-11-21)22-12-6-3-7-13-22;/h2-20,37H,1H3,(H,38,39);. The van der Waals surface area contributed by atoms with Gasteiger partial charge in [-0.3, -0.25) is 0 Å². The minimum atomic E-state index is -1.09. The third-order valence-electron chi connectivity index (χ3n) is 6.66. The number of anilines is 3. The summed E-state index contributed by atoms with van der Waals surface area (Å²) in [5.74, 6) is -0.410. The number of imidazole rings is 1. The molecule has 7 nitrogen and oxygen atoms in total. The predicted molar refractivity (Wildman–Crippen MR) is 153 cm³/mol. The molecule has 0 saturated carbocycles. The summed E-state index contributed by atoms with van der Waals surface area (Å²) in [6.45, 7) is 0. The number of para-hydroxylation sites is 3. The Morgan fingerprint density at radius 1 is 0.725 bits per heavy atom. The Labute approximate surface area is 245 Å². The molecule has 0 fully saturated rings. The Morgan fingerprint density at radius 2 is 1.38 bits per heavy atom. The summed E-state index contributed by atoms with van der Waals surface area (Å²) >= 11 is 0. The molecule has 4 aromatic carbocycles. The van der Waals surface area contributed by atoms with Crippen LogP contribution in [0, 0.1) is 0 Å². The number of aromatic hydroxyl groups is 1. The number of rotatable bonds is 6. The van der Waals surface area contributed by atoms with E-state index in [0.29, 0.717) is 28.2 Å². The molecule has 6 aromatic rings. The Bertz CT molecular complexity index is 1780. The van der Waals surface area contributed by atoms with Gasteiger partial charge in [0.1, 0.15) is 17.3 Å². The van der Waals surface area contributed by atoms with Crippen LogP contribution < -0.4 is 4.90 Å². The number of hydrogen-bond donors (Lipinski definition) is 2. The van der Waals surface area contributed by atoms with Gasteiger partial charge in [-0.1, -0.05) is 54.6 Å². The quantitative estimate of drug-likeness (QED) is 0.191. The molecule has 0 aliphatic carbocycles. The molecule has 200 valence electrons. The second-order valence-electron chi connectivity index (χ2n) is 9.09. The van der Waals surface area contributed by atoms with Crippen molar-refractivity contribution in [2.45, 2.75) is 0 Å². The summed E-state index contributed by atoms with van der Waals surface area (Å²) in [5.41, 5.74) is 6.09. The van der Waals surface area contributed by atoms with Crippen molar-refractivity contribution in [3.05, 3.63) is 121 Å². The number of aromatic nitrogens is 3. The number of aromatic carboxylic acids is 1. The van der Waals surface area contributed by atoms with Crippen molar-refractivity contribution in [3.8, 4) is 28.4 Å². The van der Waals surface area contributed by atoms with Crippen LogP contribution in [0.3, 0.4) is 0 Å². The second kappa shape index (κ2) is 11.2. The van der Waals surface area contributed by atoms with Crippen molar-refractivity contribution < 1.29 is 36.1 Å². The Hall–Kier alpha value is -4.74. The van der Waals surface area contributed by atoms with Gasteiger partial charge in [-0.15, -0.1) is 0 Å². The van der Waals surface area contributed by atoms with Crippen LogP contribution >= 0.6 is 0 Å². The average molecular weight is 708 g/mol. The van der Waals surface area contributed by atoms with Crippen molar-refractivity contribution >= 4 is 34.1 Å². The maximum absolute atomic E-state index is 11.5. The van der Waals surface area contributed by atoms with Crippen LogP contribution in [0.1, 0.15) is 10.5 Å². The van der Waals surface area contributed by atoms with Gasteiger partial charge in [-0.2, -0.15) is 0 Å². The third-order valence-corrected chi connectivity index (χ3v) is 6.66. The van der Waals surface area contributed by atoms with E-state index in [1.165, 1.54) is 6.07 Å². The molecule has 0 bridgehead atoms. The minimum Gasteiger partial charge on any atom is -0.507 e. The van der Waals surface area contributed by atoms with E-state index in [1.807, 2.05) is 103 Å². The number of pyridine rings is 1. The fourth-order valence-corrected chi connectivity index (χ4v) is 4.81. The van der Waals surface area contributed by atoms with Crippen LogP contribution in [0.25, 0.3) is 33.7 Å². The molecule has 0 aliphatic rings. The fraction of sp³-hybridized carbons (Fsp3) is 0.0312. The number of carboxylic acid groups (broad SMARTS) is 1. The fourth-order valence-electron chi connectivity index (χ4n) is 4.81. The molecule has 2 N–H and O–H groups in total. The SMILES string of the molecule is Cn1c(-c2cc(N(c3ccccc3)c3ccccc3)ccc2O)nc2c(-c3cccc(C(=O)O)n3)cccc21.[Pt]. The largest absolute Gasteiger partial charge is 0.507 e. The molecule has 0 unspecified atom stereocenters. The first-order valence-corrected chi connectivity index (χ1v) is 12.4. The molecule has 2 heterocycles. The molecule has 0 spiro atoms. The molecule has 2 aromatic heterocycles. The molecule has 6 rings (SSSR count). The summed E-state index contributed by atoms with van der Waals surface area (Å²) in [6, 6.07) is 36.2. The molecule has 0 saturated heterocycles. The van der Waals surface area contributed by atoms with Crippen LogP contribution in [-0.4, -0.2) is 30.7 Å². The topological polar surface area (TPSA) is 91.5 Å². The number of phenolic OH excluding ortho intramolecular Hbond substituents is 1. The van der Waals surface area contributed by atoms with Crippen molar-refractivity contribution in [2.75, 3.05) is 4.90 Å². The number of benzene rings is 4. The first-order valence-electron chi connectivity index (χ1n) is 12.4. The minimum absolute atomic E-state index is 0. The zero-order valence-electron chi connectivity index (χ0n) is 21.4. The van der Waals surface area contributed by atoms with Gasteiger partial charge in [0.25, 0.3) is 0 Å². The van der Waals surface area contributed by atoms with Gasteiger partial charge in [-0.05, 0) is 60.7 Å². The van der Waals surface area contributed by atoms with Gasteiger partial charge in [0.15, 0.2) is 0 Å². The molecular weight excluding hydrogens is 683 g/mol. The van der Waals surface area contributed by atoms with Gasteiger partial charge >= 0.3 is 5.97 Å². The zero-order valence-corrected chi connectivity index (χ0v) is 23.6. The Kier molecular flexibility index (Phi) is 7.49. The average Bonchev–Trinajstić information content (AvgIpc) is 3.31. The van der Waals surface area contributed by atoms with Crippen LogP contribution in [0.4, 0.5) is 17.1 Å². The molecule has 0 aliphatic heterocycles. The molecule has 0 radical (unpaired) electrons. The monoisotopic (exact) mass is 707 g/mol. The van der Waals surface area contributed by atoms with Crippen molar-refractivity contribution in [1.82, 2.24) is 14.5 Å². The molecule has 8 heteroatoms. The normalized spacial score (nSPS) is 10.7. The maximum atomic E-state index is 11.5. The van der Waals surface area contributed by atoms with E-state index in [1.54, 1.807) is 18.2 Å². The maximum Gasteiger partial charge on any atom is 0.354 e. The number of carbonyl (C=O) groups is 1. The van der Waals surface area contributed by atoms with E-state index in [2.05, 4.69) is 9.88 Å². The zero-order chi connectivity index (χ0) is 26.9. The van der Waals surface area contributed by atoms with Crippen molar-refractivity contribution in [3.63, 3.8) is 0 Å². The van der Waals surface area contributed by atoms with Gasteiger partial charge in [0.05, 0.1) is 22.3 Å². The summed E-state index contributed by atoms with van der Waals surface area (Å²) in [4.78, 5) is 22.9. The molecular formula is C32H24N4O3Pt. The van der Waals surface area contributed by atoms with E-state index < -0.39 is 5.97 Å². The summed E-state index contributed by atoms with van der Waals surface area (Å²) in [5, 5.41) is 20.4. The second-order valence-corrected chi connectivity index (χ2v) is 9.09. The van der Waals surface area contributed by atoms with Gasteiger partial charge in [0.2, 0.25) is 0 Å². The number of carboxylic acids is 1. The van der Waals surface area contributed by atoms with Crippen molar-refractivity contribution in [1.29, 1.82) is 0 Å². The van der Waals surface area contributed by atoms with Crippen LogP contribution in [-0.2, 0) is 28.1 Å². The smallest absolute Gasteiger partial charge is 0.354 e. The molecule has 40 heavy (non-hydrogen) atoms. The number of fused-ring (bicyclic) bond motifs is 1. The van der Waals surface area contributed by atoms with E-state index in [0.717, 1.165) is 22.6 Å². The first kappa shape index (κ1) is 26.8. The Balaban J connectivity index is 0.00000323. The van der Waals surface area contributed by atoms with Crippen LogP contribution in [0.15, 0.2) is 115 Å². The van der Waals surface area contributed by atoms with E-state index in [9.17, 15) is 15.0 Å². The van der Waals surface area contributed by atoms with Gasteiger partial charge < -0.3 is 19.7 Å². The van der Waals surface area contributed by atoms with E-state index >= 15 is 0 Å². The van der Waals surface area contributed by atoms with Crippen LogP contribution in [0.2, 0.25) is 0 Å². The number of hydrogen-bond acceptors (Lipinski definition) is 5. The third kappa shape index (κ3) is 4.87. The van der Waals surface area contributed by atoms with Crippen molar-refractivity contribution in [2.24, 2.45) is 7.05 Å². The Morgan fingerprint density at radius 3 is 2.02 bits per heavy atom. The van der Waals surface area contributed by atoms with E-state index in [4.69, 9.17) is 4.98 Å². The summed E-state index contributed by atoms with van der Waals surface area (Å²) in [6.07, 6.45) is 0. The number of phenols is 1. The van der Waals surface area contributed by atoms with E-state index in [-0.39, 0.29) is 32.5 Å². The summed E-state index contributed by atoms with van der Waals surface area (Å²) in [7, 11) is 1.90. The molecule has 0 atom stereocenters. The number of nitrogens with zero attached hydrogens (tertiary/aromatic N) is 4.